The van der Waals surface area contributed by atoms with Gasteiger partial charge in [-0.1, -0.05) is 6.92 Å². The quantitative estimate of drug-likeness (QED) is 0.755. The van der Waals surface area contributed by atoms with Crippen LogP contribution in [0.1, 0.15) is 13.8 Å². The van der Waals surface area contributed by atoms with Gasteiger partial charge >= 0.3 is 0 Å². The van der Waals surface area contributed by atoms with E-state index in [1.165, 1.54) is 0 Å². The zero-order valence-electron chi connectivity index (χ0n) is 16.6. The average molecular weight is 384 g/mol. The maximum atomic E-state index is 12.1. The van der Waals surface area contributed by atoms with Crippen molar-refractivity contribution in [3.8, 4) is 11.5 Å². The second-order valence-corrected chi connectivity index (χ2v) is 6.57. The molecule has 1 saturated heterocycles. The maximum absolute atomic E-state index is 12.1. The standard InChI is InChI=1S/C21H28N4O3/c1-3-24-11-13-25(14-12-24)20-10-5-17(15-22-20)23-21(26)16-28-19-8-6-18(7-9-19)27-4-2/h5-10,15H,3-4,11-14,16H2,1-2H3,(H,23,26). The first-order valence-corrected chi connectivity index (χ1v) is 9.76. The SMILES string of the molecule is CCOc1ccc(OCC(=O)Nc2ccc(N3CCN(CC)CC3)nc2)cc1. The van der Waals surface area contributed by atoms with Crippen molar-refractivity contribution in [2.75, 3.05) is 56.2 Å². The van der Waals surface area contributed by atoms with Crippen LogP contribution < -0.4 is 19.7 Å². The Morgan fingerprint density at radius 3 is 2.25 bits per heavy atom. The van der Waals surface area contributed by atoms with Gasteiger partial charge < -0.3 is 24.6 Å². The van der Waals surface area contributed by atoms with Crippen LogP contribution in [0.3, 0.4) is 0 Å². The molecule has 0 unspecified atom stereocenters. The molecule has 2 heterocycles. The monoisotopic (exact) mass is 384 g/mol. The molecule has 1 fully saturated rings. The van der Waals surface area contributed by atoms with Crippen molar-refractivity contribution < 1.29 is 14.3 Å². The molecule has 1 aliphatic heterocycles. The number of benzene rings is 1. The van der Waals surface area contributed by atoms with E-state index < -0.39 is 0 Å². The first-order chi connectivity index (χ1) is 13.7. The molecule has 1 aromatic carbocycles. The van der Waals surface area contributed by atoms with Gasteiger partial charge in [0.05, 0.1) is 18.5 Å². The Morgan fingerprint density at radius 1 is 1.00 bits per heavy atom. The Bertz CT molecular complexity index is 741. The molecule has 0 saturated carbocycles. The second kappa shape index (κ2) is 9.94. The van der Waals surface area contributed by atoms with Crippen molar-refractivity contribution in [1.82, 2.24) is 9.88 Å². The lowest BCUT2D eigenvalue weighted by Gasteiger charge is -2.34. The van der Waals surface area contributed by atoms with Crippen molar-refractivity contribution in [3.05, 3.63) is 42.6 Å². The summed E-state index contributed by atoms with van der Waals surface area (Å²) in [5.41, 5.74) is 0.663. The molecular formula is C21H28N4O3. The van der Waals surface area contributed by atoms with Gasteiger partial charge in [-0.05, 0) is 49.9 Å². The van der Waals surface area contributed by atoms with Crippen LogP contribution in [0, 0.1) is 0 Å². The van der Waals surface area contributed by atoms with Crippen molar-refractivity contribution in [1.29, 1.82) is 0 Å². The normalized spacial score (nSPS) is 14.6. The predicted molar refractivity (Wildman–Crippen MR) is 110 cm³/mol. The molecule has 0 radical (unpaired) electrons. The van der Waals surface area contributed by atoms with Crippen LogP contribution in [0.15, 0.2) is 42.6 Å². The number of likely N-dealkylation sites (N-methyl/N-ethyl adjacent to an activating group) is 1. The number of rotatable bonds is 8. The molecule has 3 rings (SSSR count). The van der Waals surface area contributed by atoms with Gasteiger partial charge in [-0.3, -0.25) is 4.79 Å². The van der Waals surface area contributed by atoms with Gasteiger partial charge in [-0.2, -0.15) is 0 Å². The fourth-order valence-corrected chi connectivity index (χ4v) is 3.08. The van der Waals surface area contributed by atoms with Crippen molar-refractivity contribution in [2.24, 2.45) is 0 Å². The predicted octanol–water partition coefficient (Wildman–Crippen LogP) is 2.64. The van der Waals surface area contributed by atoms with E-state index in [0.29, 0.717) is 18.0 Å². The van der Waals surface area contributed by atoms with E-state index in [0.717, 1.165) is 44.3 Å². The number of hydrogen-bond acceptors (Lipinski definition) is 6. The molecule has 150 valence electrons. The molecular weight excluding hydrogens is 356 g/mol. The lowest BCUT2D eigenvalue weighted by molar-refractivity contribution is -0.118. The Balaban J connectivity index is 1.45. The number of aromatic nitrogens is 1. The molecule has 1 amide bonds. The van der Waals surface area contributed by atoms with Gasteiger partial charge in [0.2, 0.25) is 0 Å². The average Bonchev–Trinajstić information content (AvgIpc) is 2.74. The molecule has 7 nitrogen and oxygen atoms in total. The van der Waals surface area contributed by atoms with E-state index in [4.69, 9.17) is 9.47 Å². The minimum atomic E-state index is -0.222. The highest BCUT2D eigenvalue weighted by Crippen LogP contribution is 2.18. The van der Waals surface area contributed by atoms with Crippen molar-refractivity contribution in [2.45, 2.75) is 13.8 Å². The number of ether oxygens (including phenoxy) is 2. The summed E-state index contributed by atoms with van der Waals surface area (Å²) in [6.45, 7) is 9.82. The summed E-state index contributed by atoms with van der Waals surface area (Å²) in [5.74, 6) is 2.12. The fraction of sp³-hybridized carbons (Fsp3) is 0.429. The largest absolute Gasteiger partial charge is 0.494 e. The van der Waals surface area contributed by atoms with E-state index in [1.54, 1.807) is 18.3 Å². The van der Waals surface area contributed by atoms with Gasteiger partial charge in [-0.15, -0.1) is 0 Å². The molecule has 2 aromatic rings. The van der Waals surface area contributed by atoms with Crippen molar-refractivity contribution >= 4 is 17.4 Å². The zero-order valence-corrected chi connectivity index (χ0v) is 16.6. The number of nitrogens with zero attached hydrogens (tertiary/aromatic N) is 3. The van der Waals surface area contributed by atoms with Crippen LogP contribution in [0.4, 0.5) is 11.5 Å². The number of anilines is 2. The molecule has 0 atom stereocenters. The van der Waals surface area contributed by atoms with E-state index in [-0.39, 0.29) is 12.5 Å². The minimum absolute atomic E-state index is 0.0608. The van der Waals surface area contributed by atoms with E-state index in [1.807, 2.05) is 31.2 Å². The maximum Gasteiger partial charge on any atom is 0.262 e. The topological polar surface area (TPSA) is 66.9 Å². The highest BCUT2D eigenvalue weighted by molar-refractivity contribution is 5.91. The van der Waals surface area contributed by atoms with Crippen LogP contribution in [-0.4, -0.2) is 61.7 Å². The Labute approximate surface area is 166 Å². The van der Waals surface area contributed by atoms with Crippen LogP contribution >= 0.6 is 0 Å². The third-order valence-electron chi connectivity index (χ3n) is 4.68. The van der Waals surface area contributed by atoms with Gasteiger partial charge in [-0.25, -0.2) is 4.98 Å². The van der Waals surface area contributed by atoms with Gasteiger partial charge in [0, 0.05) is 26.2 Å². The summed E-state index contributed by atoms with van der Waals surface area (Å²) in [6, 6.07) is 11.0. The number of carbonyl (C=O) groups is 1. The number of piperazine rings is 1. The molecule has 1 aromatic heterocycles. The zero-order chi connectivity index (χ0) is 19.8. The third-order valence-corrected chi connectivity index (χ3v) is 4.68. The molecule has 0 aliphatic carbocycles. The number of pyridine rings is 1. The first-order valence-electron chi connectivity index (χ1n) is 9.76. The molecule has 0 spiro atoms. The highest BCUT2D eigenvalue weighted by Gasteiger charge is 2.16. The summed E-state index contributed by atoms with van der Waals surface area (Å²) in [4.78, 5) is 21.3. The molecule has 0 bridgehead atoms. The van der Waals surface area contributed by atoms with Gasteiger partial charge in [0.1, 0.15) is 17.3 Å². The minimum Gasteiger partial charge on any atom is -0.494 e. The van der Waals surface area contributed by atoms with Crippen LogP contribution in [0.25, 0.3) is 0 Å². The summed E-state index contributed by atoms with van der Waals surface area (Å²) in [6.07, 6.45) is 1.69. The lowest BCUT2D eigenvalue weighted by Crippen LogP contribution is -2.46. The Kier molecular flexibility index (Phi) is 7.08. The summed E-state index contributed by atoms with van der Waals surface area (Å²) < 4.78 is 10.9. The van der Waals surface area contributed by atoms with Crippen molar-refractivity contribution in [3.63, 3.8) is 0 Å². The van der Waals surface area contributed by atoms with Crippen LogP contribution in [0.2, 0.25) is 0 Å². The number of nitrogens with one attached hydrogen (secondary N) is 1. The number of hydrogen-bond donors (Lipinski definition) is 1. The highest BCUT2D eigenvalue weighted by atomic mass is 16.5. The Morgan fingerprint density at radius 2 is 1.68 bits per heavy atom. The summed E-state index contributed by atoms with van der Waals surface area (Å²) in [5, 5.41) is 2.81. The second-order valence-electron chi connectivity index (χ2n) is 6.57. The Hall–Kier alpha value is -2.80. The van der Waals surface area contributed by atoms with E-state index in [9.17, 15) is 4.79 Å². The lowest BCUT2D eigenvalue weighted by atomic mass is 10.3. The summed E-state index contributed by atoms with van der Waals surface area (Å²) in [7, 11) is 0. The molecule has 28 heavy (non-hydrogen) atoms. The fourth-order valence-electron chi connectivity index (χ4n) is 3.08. The smallest absolute Gasteiger partial charge is 0.262 e. The molecule has 1 N–H and O–H groups in total. The molecule has 1 aliphatic rings. The number of amides is 1. The first kappa shape index (κ1) is 19.9. The third kappa shape index (κ3) is 5.60. The van der Waals surface area contributed by atoms with Gasteiger partial charge in [0.15, 0.2) is 6.61 Å². The van der Waals surface area contributed by atoms with E-state index in [2.05, 4.69) is 27.0 Å². The van der Waals surface area contributed by atoms with Gasteiger partial charge in [0.25, 0.3) is 5.91 Å². The van der Waals surface area contributed by atoms with Crippen LogP contribution in [-0.2, 0) is 4.79 Å². The van der Waals surface area contributed by atoms with Crippen LogP contribution in [0.5, 0.6) is 11.5 Å². The molecule has 7 heteroatoms. The van der Waals surface area contributed by atoms with E-state index >= 15 is 0 Å². The number of carbonyl (C=O) groups excluding carboxylic acids is 1. The summed E-state index contributed by atoms with van der Waals surface area (Å²) >= 11 is 0.